The lowest BCUT2D eigenvalue weighted by molar-refractivity contribution is 0.0953. The van der Waals surface area contributed by atoms with Gasteiger partial charge in [-0.05, 0) is 55.0 Å². The molecule has 5 nitrogen and oxygen atoms in total. The second-order valence-corrected chi connectivity index (χ2v) is 7.07. The van der Waals surface area contributed by atoms with E-state index in [0.717, 1.165) is 15.6 Å². The Kier molecular flexibility index (Phi) is 6.34. The Hall–Kier alpha value is -3.25. The van der Waals surface area contributed by atoms with Gasteiger partial charge in [0.15, 0.2) is 0 Å². The number of amides is 2. The standard InChI is InChI=1S/C22H18BrN3O2/c1-15-5-9-17(10-6-15)21(27)25-20-4-2-3-18(13-20)22(28)26-24-14-16-7-11-19(23)12-8-16/h2-14H,1H3,(H,25,27)(H,26,28)/b24-14-. The minimum atomic E-state index is -0.361. The maximum atomic E-state index is 12.3. The summed E-state index contributed by atoms with van der Waals surface area (Å²) in [6.45, 7) is 1.96. The minimum absolute atomic E-state index is 0.231. The molecule has 0 unspecified atom stereocenters. The molecule has 2 N–H and O–H groups in total. The van der Waals surface area contributed by atoms with Crippen molar-refractivity contribution in [2.75, 3.05) is 5.32 Å². The first-order chi connectivity index (χ1) is 13.5. The van der Waals surface area contributed by atoms with Crippen LogP contribution in [0.1, 0.15) is 31.8 Å². The number of aryl methyl sites for hydroxylation is 1. The fourth-order valence-corrected chi connectivity index (χ4v) is 2.69. The topological polar surface area (TPSA) is 70.6 Å². The first-order valence-electron chi connectivity index (χ1n) is 8.58. The molecule has 0 bridgehead atoms. The molecule has 3 rings (SSSR count). The van der Waals surface area contributed by atoms with Gasteiger partial charge in [-0.25, -0.2) is 5.43 Å². The van der Waals surface area contributed by atoms with E-state index >= 15 is 0 Å². The van der Waals surface area contributed by atoms with Crippen molar-refractivity contribution in [1.82, 2.24) is 5.43 Å². The van der Waals surface area contributed by atoms with E-state index in [1.165, 1.54) is 0 Å². The highest BCUT2D eigenvalue weighted by Crippen LogP contribution is 2.13. The Bertz CT molecular complexity index is 1010. The van der Waals surface area contributed by atoms with Crippen molar-refractivity contribution >= 4 is 39.6 Å². The molecule has 0 spiro atoms. The van der Waals surface area contributed by atoms with Crippen molar-refractivity contribution in [3.05, 3.63) is 99.5 Å². The Morgan fingerprint density at radius 2 is 1.61 bits per heavy atom. The van der Waals surface area contributed by atoms with E-state index < -0.39 is 0 Å². The number of anilines is 1. The smallest absolute Gasteiger partial charge is 0.271 e. The number of nitrogens with one attached hydrogen (secondary N) is 2. The normalized spacial score (nSPS) is 10.6. The molecule has 0 aliphatic carbocycles. The molecule has 140 valence electrons. The second kappa shape index (κ2) is 9.10. The summed E-state index contributed by atoms with van der Waals surface area (Å²) in [5.41, 5.74) is 5.92. The van der Waals surface area contributed by atoms with Crippen LogP contribution in [0.3, 0.4) is 0 Å². The molecule has 2 amide bonds. The Morgan fingerprint density at radius 1 is 0.893 bits per heavy atom. The molecule has 0 aromatic heterocycles. The largest absolute Gasteiger partial charge is 0.322 e. The summed E-state index contributed by atoms with van der Waals surface area (Å²) >= 11 is 3.36. The third kappa shape index (κ3) is 5.37. The average Bonchev–Trinajstić information content (AvgIpc) is 2.70. The van der Waals surface area contributed by atoms with Crippen LogP contribution in [0.5, 0.6) is 0 Å². The zero-order valence-electron chi connectivity index (χ0n) is 15.1. The molecular weight excluding hydrogens is 418 g/mol. The number of carbonyl (C=O) groups is 2. The summed E-state index contributed by atoms with van der Waals surface area (Å²) in [6.07, 6.45) is 1.56. The zero-order chi connectivity index (χ0) is 19.9. The second-order valence-electron chi connectivity index (χ2n) is 6.15. The number of nitrogens with zero attached hydrogens (tertiary/aromatic N) is 1. The van der Waals surface area contributed by atoms with Crippen LogP contribution in [0.2, 0.25) is 0 Å². The fourth-order valence-electron chi connectivity index (χ4n) is 2.43. The van der Waals surface area contributed by atoms with Gasteiger partial charge in [0, 0.05) is 21.3 Å². The van der Waals surface area contributed by atoms with Gasteiger partial charge in [-0.1, -0.05) is 51.8 Å². The van der Waals surface area contributed by atoms with Crippen molar-refractivity contribution < 1.29 is 9.59 Å². The van der Waals surface area contributed by atoms with E-state index in [2.05, 4.69) is 31.8 Å². The monoisotopic (exact) mass is 435 g/mol. The van der Waals surface area contributed by atoms with Crippen molar-refractivity contribution in [2.24, 2.45) is 5.10 Å². The third-order valence-electron chi connectivity index (χ3n) is 3.95. The molecule has 0 aliphatic rings. The Balaban J connectivity index is 1.63. The summed E-state index contributed by atoms with van der Waals surface area (Å²) < 4.78 is 0.971. The van der Waals surface area contributed by atoms with Gasteiger partial charge in [-0.15, -0.1) is 0 Å². The zero-order valence-corrected chi connectivity index (χ0v) is 16.7. The third-order valence-corrected chi connectivity index (χ3v) is 4.47. The van der Waals surface area contributed by atoms with E-state index in [0.29, 0.717) is 16.8 Å². The Morgan fingerprint density at radius 3 is 2.32 bits per heavy atom. The van der Waals surface area contributed by atoms with E-state index in [1.54, 1.807) is 42.6 Å². The number of halogens is 1. The van der Waals surface area contributed by atoms with Gasteiger partial charge in [-0.3, -0.25) is 9.59 Å². The number of hydrazone groups is 1. The maximum absolute atomic E-state index is 12.3. The predicted molar refractivity (Wildman–Crippen MR) is 115 cm³/mol. The van der Waals surface area contributed by atoms with E-state index in [4.69, 9.17) is 0 Å². The van der Waals surface area contributed by atoms with E-state index in [-0.39, 0.29) is 11.8 Å². The molecule has 0 fully saturated rings. The van der Waals surface area contributed by atoms with Crippen molar-refractivity contribution in [2.45, 2.75) is 6.92 Å². The van der Waals surface area contributed by atoms with Crippen LogP contribution in [0.4, 0.5) is 5.69 Å². The molecule has 6 heteroatoms. The van der Waals surface area contributed by atoms with E-state index in [1.807, 2.05) is 43.3 Å². The van der Waals surface area contributed by atoms with Crippen LogP contribution in [0.25, 0.3) is 0 Å². The lowest BCUT2D eigenvalue weighted by Gasteiger charge is -2.07. The quantitative estimate of drug-likeness (QED) is 0.447. The molecule has 28 heavy (non-hydrogen) atoms. The van der Waals surface area contributed by atoms with Crippen LogP contribution in [-0.4, -0.2) is 18.0 Å². The summed E-state index contributed by atoms with van der Waals surface area (Å²) in [4.78, 5) is 24.6. The van der Waals surface area contributed by atoms with Crippen LogP contribution in [0, 0.1) is 6.92 Å². The lowest BCUT2D eigenvalue weighted by atomic mass is 10.1. The SMILES string of the molecule is Cc1ccc(C(=O)Nc2cccc(C(=O)N/N=C\c3ccc(Br)cc3)c2)cc1. The molecular formula is C22H18BrN3O2. The fraction of sp³-hybridized carbons (Fsp3) is 0.0455. The molecule has 0 atom stereocenters. The number of hydrogen-bond donors (Lipinski definition) is 2. The first-order valence-corrected chi connectivity index (χ1v) is 9.37. The van der Waals surface area contributed by atoms with Gasteiger partial charge in [0.25, 0.3) is 11.8 Å². The van der Waals surface area contributed by atoms with Gasteiger partial charge in [0.05, 0.1) is 6.21 Å². The minimum Gasteiger partial charge on any atom is -0.322 e. The molecule has 0 heterocycles. The first kappa shape index (κ1) is 19.5. The number of hydrogen-bond acceptors (Lipinski definition) is 3. The van der Waals surface area contributed by atoms with Gasteiger partial charge < -0.3 is 5.32 Å². The van der Waals surface area contributed by atoms with Crippen molar-refractivity contribution in [3.8, 4) is 0 Å². The van der Waals surface area contributed by atoms with E-state index in [9.17, 15) is 9.59 Å². The van der Waals surface area contributed by atoms with Crippen molar-refractivity contribution in [3.63, 3.8) is 0 Å². The van der Waals surface area contributed by atoms with Crippen LogP contribution in [0.15, 0.2) is 82.4 Å². The number of rotatable bonds is 5. The van der Waals surface area contributed by atoms with Crippen LogP contribution in [-0.2, 0) is 0 Å². The van der Waals surface area contributed by atoms with Crippen LogP contribution < -0.4 is 10.7 Å². The highest BCUT2D eigenvalue weighted by atomic mass is 79.9. The van der Waals surface area contributed by atoms with Crippen molar-refractivity contribution in [1.29, 1.82) is 0 Å². The summed E-state index contributed by atoms with van der Waals surface area (Å²) in [7, 11) is 0. The van der Waals surface area contributed by atoms with Crippen LogP contribution >= 0.6 is 15.9 Å². The predicted octanol–water partition coefficient (Wildman–Crippen LogP) is 4.77. The van der Waals surface area contributed by atoms with Gasteiger partial charge >= 0.3 is 0 Å². The average molecular weight is 436 g/mol. The number of carbonyl (C=O) groups excluding carboxylic acids is 2. The molecule has 0 radical (unpaired) electrons. The highest BCUT2D eigenvalue weighted by molar-refractivity contribution is 9.10. The summed E-state index contributed by atoms with van der Waals surface area (Å²) in [5.74, 6) is -0.592. The Labute approximate surface area is 171 Å². The maximum Gasteiger partial charge on any atom is 0.271 e. The highest BCUT2D eigenvalue weighted by Gasteiger charge is 2.09. The van der Waals surface area contributed by atoms with Gasteiger partial charge in [-0.2, -0.15) is 5.10 Å². The van der Waals surface area contributed by atoms with Gasteiger partial charge in [0.1, 0.15) is 0 Å². The summed E-state index contributed by atoms with van der Waals surface area (Å²) in [6, 6.07) is 21.5. The molecule has 0 aliphatic heterocycles. The summed E-state index contributed by atoms with van der Waals surface area (Å²) in [5, 5.41) is 6.77. The molecule has 3 aromatic carbocycles. The van der Waals surface area contributed by atoms with Gasteiger partial charge in [0.2, 0.25) is 0 Å². The lowest BCUT2D eigenvalue weighted by Crippen LogP contribution is -2.18. The number of benzene rings is 3. The molecule has 3 aromatic rings. The molecule has 0 saturated heterocycles. The molecule has 0 saturated carbocycles.